The quantitative estimate of drug-likeness (QED) is 0.592. The van der Waals surface area contributed by atoms with Crippen LogP contribution in [0.5, 0.6) is 17.2 Å². The third kappa shape index (κ3) is 4.03. The summed E-state index contributed by atoms with van der Waals surface area (Å²) >= 11 is 0. The monoisotopic (exact) mass is 435 g/mol. The van der Waals surface area contributed by atoms with Crippen LogP contribution in [0.15, 0.2) is 52.9 Å². The maximum absolute atomic E-state index is 11.1. The first-order valence-corrected chi connectivity index (χ1v) is 10.9. The summed E-state index contributed by atoms with van der Waals surface area (Å²) in [5, 5.41) is 19.1. The molecule has 0 bridgehead atoms. The molecule has 3 heterocycles. The highest BCUT2D eigenvalue weighted by molar-refractivity contribution is 5.91. The van der Waals surface area contributed by atoms with Crippen molar-refractivity contribution in [3.63, 3.8) is 0 Å². The number of phenols is 1. The van der Waals surface area contributed by atoms with Gasteiger partial charge in [0.25, 0.3) is 0 Å². The second kappa shape index (κ2) is 8.59. The number of hydrogen-bond donors (Lipinski definition) is 2. The zero-order chi connectivity index (χ0) is 22.1. The van der Waals surface area contributed by atoms with Crippen molar-refractivity contribution in [1.29, 1.82) is 0 Å². The number of ether oxygens (including phenoxy) is 2. The number of aromatic hydroxyl groups is 1. The predicted molar refractivity (Wildman–Crippen MR) is 117 cm³/mol. The SMILES string of the molecule is O=C(O)c1ccc(-c2ccc(CN3CCCC3c3ccc4c(c3)OCCCO4)o2)cc1O. The Labute approximate surface area is 185 Å². The zero-order valence-corrected chi connectivity index (χ0v) is 17.6. The molecular weight excluding hydrogens is 410 g/mol. The molecule has 1 unspecified atom stereocenters. The van der Waals surface area contributed by atoms with Crippen LogP contribution in [0.1, 0.15) is 47.0 Å². The number of carboxylic acid groups (broad SMARTS) is 1. The Bertz CT molecular complexity index is 1140. The number of carbonyl (C=O) groups is 1. The van der Waals surface area contributed by atoms with Crippen LogP contribution < -0.4 is 9.47 Å². The number of rotatable bonds is 5. The maximum Gasteiger partial charge on any atom is 0.339 e. The normalized spacial score (nSPS) is 18.4. The molecule has 7 heteroatoms. The van der Waals surface area contributed by atoms with Gasteiger partial charge in [-0.3, -0.25) is 4.90 Å². The topological polar surface area (TPSA) is 92.4 Å². The summed E-state index contributed by atoms with van der Waals surface area (Å²) in [6.07, 6.45) is 3.06. The number of fused-ring (bicyclic) bond motifs is 1. The number of carboxylic acids is 1. The van der Waals surface area contributed by atoms with E-state index in [1.165, 1.54) is 17.7 Å². The summed E-state index contributed by atoms with van der Waals surface area (Å²) in [7, 11) is 0. The van der Waals surface area contributed by atoms with E-state index in [9.17, 15) is 9.90 Å². The molecule has 0 radical (unpaired) electrons. The highest BCUT2D eigenvalue weighted by atomic mass is 16.5. The van der Waals surface area contributed by atoms with Crippen molar-refractivity contribution in [3.8, 4) is 28.6 Å². The molecule has 32 heavy (non-hydrogen) atoms. The van der Waals surface area contributed by atoms with E-state index in [-0.39, 0.29) is 17.4 Å². The van der Waals surface area contributed by atoms with E-state index in [0.29, 0.717) is 31.1 Å². The molecule has 3 aromatic rings. The summed E-state index contributed by atoms with van der Waals surface area (Å²) in [6.45, 7) is 2.99. The zero-order valence-electron chi connectivity index (χ0n) is 17.6. The van der Waals surface area contributed by atoms with Crippen LogP contribution in [0.4, 0.5) is 0 Å². The van der Waals surface area contributed by atoms with E-state index >= 15 is 0 Å². The van der Waals surface area contributed by atoms with E-state index in [2.05, 4.69) is 17.0 Å². The van der Waals surface area contributed by atoms with Crippen molar-refractivity contribution in [2.24, 2.45) is 0 Å². The maximum atomic E-state index is 11.1. The smallest absolute Gasteiger partial charge is 0.339 e. The van der Waals surface area contributed by atoms with Crippen molar-refractivity contribution >= 4 is 5.97 Å². The molecule has 5 rings (SSSR count). The molecule has 1 saturated heterocycles. The van der Waals surface area contributed by atoms with Gasteiger partial charge in [-0.25, -0.2) is 4.79 Å². The fourth-order valence-electron chi connectivity index (χ4n) is 4.46. The lowest BCUT2D eigenvalue weighted by atomic mass is 10.0. The van der Waals surface area contributed by atoms with Gasteiger partial charge in [-0.05, 0) is 61.3 Å². The molecule has 2 aromatic carbocycles. The number of hydrogen-bond acceptors (Lipinski definition) is 6. The molecule has 1 atom stereocenters. The van der Waals surface area contributed by atoms with Gasteiger partial charge in [0, 0.05) is 18.0 Å². The third-order valence-electron chi connectivity index (χ3n) is 6.05. The van der Waals surface area contributed by atoms with Crippen LogP contribution in [0.3, 0.4) is 0 Å². The Morgan fingerprint density at radius 2 is 1.84 bits per heavy atom. The lowest BCUT2D eigenvalue weighted by Gasteiger charge is -2.24. The molecule has 2 aliphatic heterocycles. The fourth-order valence-corrected chi connectivity index (χ4v) is 4.46. The minimum atomic E-state index is -1.16. The van der Waals surface area contributed by atoms with E-state index in [1.807, 2.05) is 18.2 Å². The largest absolute Gasteiger partial charge is 0.507 e. The van der Waals surface area contributed by atoms with Crippen LogP contribution >= 0.6 is 0 Å². The third-order valence-corrected chi connectivity index (χ3v) is 6.05. The predicted octanol–water partition coefficient (Wildman–Crippen LogP) is 4.85. The van der Waals surface area contributed by atoms with Gasteiger partial charge in [-0.15, -0.1) is 0 Å². The van der Waals surface area contributed by atoms with Crippen LogP contribution in [-0.2, 0) is 6.54 Å². The van der Waals surface area contributed by atoms with Gasteiger partial charge in [0.2, 0.25) is 0 Å². The Morgan fingerprint density at radius 1 is 1.00 bits per heavy atom. The van der Waals surface area contributed by atoms with E-state index in [0.717, 1.165) is 43.1 Å². The first kappa shape index (κ1) is 20.5. The number of nitrogens with zero attached hydrogens (tertiary/aromatic N) is 1. The van der Waals surface area contributed by atoms with Gasteiger partial charge >= 0.3 is 5.97 Å². The fraction of sp³-hybridized carbons (Fsp3) is 0.320. The van der Waals surface area contributed by atoms with Crippen molar-refractivity contribution in [1.82, 2.24) is 4.90 Å². The molecule has 166 valence electrons. The summed E-state index contributed by atoms with van der Waals surface area (Å²) in [5.74, 6) is 1.60. The Balaban J connectivity index is 1.32. The van der Waals surface area contributed by atoms with Crippen LogP contribution in [-0.4, -0.2) is 40.8 Å². The highest BCUT2D eigenvalue weighted by Gasteiger charge is 2.28. The van der Waals surface area contributed by atoms with Gasteiger partial charge in [-0.2, -0.15) is 0 Å². The second-order valence-corrected chi connectivity index (χ2v) is 8.19. The average Bonchev–Trinajstić information content (AvgIpc) is 3.37. The average molecular weight is 435 g/mol. The summed E-state index contributed by atoms with van der Waals surface area (Å²) in [6, 6.07) is 14.7. The van der Waals surface area contributed by atoms with Crippen molar-refractivity contribution in [3.05, 3.63) is 65.4 Å². The molecular formula is C25H25NO6. The van der Waals surface area contributed by atoms with Crippen molar-refractivity contribution < 1.29 is 28.9 Å². The van der Waals surface area contributed by atoms with Crippen molar-refractivity contribution in [2.75, 3.05) is 19.8 Å². The van der Waals surface area contributed by atoms with Gasteiger partial charge < -0.3 is 24.1 Å². The molecule has 0 amide bonds. The Kier molecular flexibility index (Phi) is 5.49. The molecule has 2 N–H and O–H groups in total. The van der Waals surface area contributed by atoms with E-state index < -0.39 is 5.97 Å². The number of aromatic carboxylic acids is 1. The summed E-state index contributed by atoms with van der Waals surface area (Å²) in [4.78, 5) is 13.5. The van der Waals surface area contributed by atoms with Crippen molar-refractivity contribution in [2.45, 2.75) is 31.8 Å². The molecule has 1 fully saturated rings. The summed E-state index contributed by atoms with van der Waals surface area (Å²) in [5.41, 5.74) is 1.72. The Morgan fingerprint density at radius 3 is 2.66 bits per heavy atom. The lowest BCUT2D eigenvalue weighted by molar-refractivity contribution is 0.0693. The summed E-state index contributed by atoms with van der Waals surface area (Å²) < 4.78 is 17.7. The van der Waals surface area contributed by atoms with Crippen LogP contribution in [0.25, 0.3) is 11.3 Å². The van der Waals surface area contributed by atoms with Gasteiger partial charge in [0.1, 0.15) is 22.8 Å². The van der Waals surface area contributed by atoms with Crippen LogP contribution in [0, 0.1) is 0 Å². The standard InChI is InChI=1S/C25H25NO6/c27-21-13-17(4-7-19(21)25(28)29)22-9-6-18(32-22)15-26-10-1-3-20(26)16-5-8-23-24(14-16)31-12-2-11-30-23/h4-9,13-14,20,27H,1-3,10-12,15H2,(H,28,29). The molecule has 0 aliphatic carbocycles. The van der Waals surface area contributed by atoms with Gasteiger partial charge in [0.15, 0.2) is 11.5 Å². The molecule has 0 saturated carbocycles. The number of furan rings is 1. The second-order valence-electron chi connectivity index (χ2n) is 8.19. The first-order valence-electron chi connectivity index (χ1n) is 10.9. The highest BCUT2D eigenvalue weighted by Crippen LogP contribution is 2.39. The minimum absolute atomic E-state index is 0.129. The Hall–Kier alpha value is -3.45. The molecule has 1 aromatic heterocycles. The molecule has 2 aliphatic rings. The number of likely N-dealkylation sites (tertiary alicyclic amines) is 1. The van der Waals surface area contributed by atoms with Gasteiger partial charge in [-0.1, -0.05) is 12.1 Å². The lowest BCUT2D eigenvalue weighted by Crippen LogP contribution is -2.22. The first-order chi connectivity index (χ1) is 15.6. The van der Waals surface area contributed by atoms with Gasteiger partial charge in [0.05, 0.1) is 19.8 Å². The van der Waals surface area contributed by atoms with E-state index in [1.54, 1.807) is 6.07 Å². The van der Waals surface area contributed by atoms with Crippen LogP contribution in [0.2, 0.25) is 0 Å². The molecule has 0 spiro atoms. The number of benzene rings is 2. The molecule has 7 nitrogen and oxygen atoms in total. The minimum Gasteiger partial charge on any atom is -0.507 e. The van der Waals surface area contributed by atoms with E-state index in [4.69, 9.17) is 19.0 Å².